The second-order valence-electron chi connectivity index (χ2n) is 11.4. The summed E-state index contributed by atoms with van der Waals surface area (Å²) in [5.74, 6) is -0.530. The number of ether oxygens (including phenoxy) is 1. The molecule has 1 atom stereocenters. The van der Waals surface area contributed by atoms with Gasteiger partial charge in [0.25, 0.3) is 0 Å². The highest BCUT2D eigenvalue weighted by atomic mass is 35.5. The molecule has 1 aromatic heterocycles. The Bertz CT molecular complexity index is 2240. The third-order valence-electron chi connectivity index (χ3n) is 8.18. The summed E-state index contributed by atoms with van der Waals surface area (Å²) >= 11 is 12.5. The van der Waals surface area contributed by atoms with E-state index < -0.39 is 15.8 Å². The molecule has 0 saturated carbocycles. The van der Waals surface area contributed by atoms with Gasteiger partial charge in [-0.25, -0.2) is 18.2 Å². The van der Waals surface area contributed by atoms with Crippen LogP contribution in [0, 0.1) is 0 Å². The van der Waals surface area contributed by atoms with Gasteiger partial charge in [-0.3, -0.25) is 0 Å². The maximum Gasteiger partial charge on any atom is 0.337 e. The molecule has 0 aliphatic heterocycles. The van der Waals surface area contributed by atoms with Crippen molar-refractivity contribution >= 4 is 44.7 Å². The average molecular weight is 713 g/mol. The number of hydrogen-bond donors (Lipinski definition) is 3. The Morgan fingerprint density at radius 1 is 0.918 bits per heavy atom. The highest BCUT2D eigenvalue weighted by molar-refractivity contribution is 7.91. The number of nitrogens with zero attached hydrogens (tertiary/aromatic N) is 1. The van der Waals surface area contributed by atoms with E-state index in [2.05, 4.69) is 29.0 Å². The van der Waals surface area contributed by atoms with Crippen LogP contribution in [0.15, 0.2) is 120 Å². The summed E-state index contributed by atoms with van der Waals surface area (Å²) < 4.78 is 33.1. The van der Waals surface area contributed by atoms with Crippen molar-refractivity contribution in [3.63, 3.8) is 0 Å². The number of benzene rings is 5. The number of aromatic nitrogens is 2. The zero-order chi connectivity index (χ0) is 34.7. The van der Waals surface area contributed by atoms with E-state index in [9.17, 15) is 18.3 Å². The molecule has 0 fully saturated rings. The molecule has 0 amide bonds. The number of hydrogen-bond acceptors (Lipinski definition) is 6. The molecule has 8 nitrogen and oxygen atoms in total. The van der Waals surface area contributed by atoms with Crippen molar-refractivity contribution in [1.82, 2.24) is 9.97 Å². The Morgan fingerprint density at radius 2 is 1.59 bits per heavy atom. The third kappa shape index (κ3) is 7.34. The van der Waals surface area contributed by atoms with Crippen LogP contribution in [0.3, 0.4) is 0 Å². The van der Waals surface area contributed by atoms with Crippen molar-refractivity contribution in [1.29, 1.82) is 0 Å². The van der Waals surface area contributed by atoms with Gasteiger partial charge in [-0.15, -0.1) is 0 Å². The van der Waals surface area contributed by atoms with Gasteiger partial charge in [-0.2, -0.15) is 0 Å². The molecule has 1 unspecified atom stereocenters. The highest BCUT2D eigenvalue weighted by Gasteiger charge is 2.28. The van der Waals surface area contributed by atoms with E-state index in [0.29, 0.717) is 21.4 Å². The molecule has 0 aliphatic carbocycles. The topological polar surface area (TPSA) is 135 Å². The molecular formula is C38H31Cl2N3O5S. The van der Waals surface area contributed by atoms with E-state index in [1.165, 1.54) is 12.1 Å². The zero-order valence-corrected chi connectivity index (χ0v) is 28.6. The maximum atomic E-state index is 13.6. The Hall–Kier alpha value is -5.09. The highest BCUT2D eigenvalue weighted by Crippen LogP contribution is 2.38. The SMILES string of the molecule is CCC(c1ccc(-c2ccc(Oc3ccc(C(=O)O)c(N)c3S(=O)(=O)Cc3ccccc3)cc2)cc1)c1ncc(-c2ccc(Cl)cc2Cl)[nH]1. The molecule has 0 spiro atoms. The minimum atomic E-state index is -4.08. The van der Waals surface area contributed by atoms with Crippen molar-refractivity contribution in [3.05, 3.63) is 148 Å². The first kappa shape index (κ1) is 33.8. The minimum absolute atomic E-state index is 0.0389. The second kappa shape index (κ2) is 14.2. The molecule has 6 rings (SSSR count). The Kier molecular flexibility index (Phi) is 9.78. The van der Waals surface area contributed by atoms with Gasteiger partial charge >= 0.3 is 5.97 Å². The van der Waals surface area contributed by atoms with Gasteiger partial charge in [0.1, 0.15) is 22.2 Å². The molecule has 248 valence electrons. The average Bonchev–Trinajstić information content (AvgIpc) is 3.55. The van der Waals surface area contributed by atoms with Gasteiger partial charge in [-0.05, 0) is 71.1 Å². The van der Waals surface area contributed by atoms with Crippen molar-refractivity contribution in [2.75, 3.05) is 5.73 Å². The molecule has 0 saturated heterocycles. The van der Waals surface area contributed by atoms with Crippen molar-refractivity contribution in [3.8, 4) is 33.9 Å². The van der Waals surface area contributed by atoms with Crippen LogP contribution in [0.2, 0.25) is 10.0 Å². The van der Waals surface area contributed by atoms with Gasteiger partial charge < -0.3 is 20.6 Å². The Labute approximate surface area is 294 Å². The number of halogens is 2. The van der Waals surface area contributed by atoms with Crippen LogP contribution in [0.5, 0.6) is 11.5 Å². The molecule has 11 heteroatoms. The molecule has 4 N–H and O–H groups in total. The van der Waals surface area contributed by atoms with E-state index in [0.717, 1.165) is 40.2 Å². The van der Waals surface area contributed by atoms with Gasteiger partial charge in [-0.1, -0.05) is 96.9 Å². The lowest BCUT2D eigenvalue weighted by atomic mass is 9.93. The lowest BCUT2D eigenvalue weighted by molar-refractivity contribution is 0.0698. The fraction of sp³-hybridized carbons (Fsp3) is 0.105. The first-order chi connectivity index (χ1) is 23.5. The summed E-state index contributed by atoms with van der Waals surface area (Å²) in [6.07, 6.45) is 2.61. The zero-order valence-electron chi connectivity index (χ0n) is 26.2. The van der Waals surface area contributed by atoms with Gasteiger partial charge in [0, 0.05) is 16.5 Å². The van der Waals surface area contributed by atoms with Crippen LogP contribution in [-0.4, -0.2) is 29.5 Å². The summed E-state index contributed by atoms with van der Waals surface area (Å²) in [7, 11) is -4.08. The molecule has 6 aromatic rings. The van der Waals surface area contributed by atoms with Crippen molar-refractivity contribution in [2.45, 2.75) is 29.9 Å². The van der Waals surface area contributed by atoms with E-state index in [-0.39, 0.29) is 33.6 Å². The first-order valence-electron chi connectivity index (χ1n) is 15.3. The number of nitrogens with one attached hydrogen (secondary N) is 1. The fourth-order valence-electron chi connectivity index (χ4n) is 5.73. The van der Waals surface area contributed by atoms with Crippen LogP contribution in [-0.2, 0) is 15.6 Å². The van der Waals surface area contributed by atoms with Crippen molar-refractivity contribution in [2.24, 2.45) is 0 Å². The number of carboxylic acid groups (broad SMARTS) is 1. The van der Waals surface area contributed by atoms with Crippen molar-refractivity contribution < 1.29 is 23.1 Å². The number of nitrogens with two attached hydrogens (primary N) is 1. The molecule has 1 heterocycles. The normalized spacial score (nSPS) is 12.1. The first-order valence-corrected chi connectivity index (χ1v) is 17.8. The number of nitrogen functional groups attached to an aromatic ring is 1. The third-order valence-corrected chi connectivity index (χ3v) is 10.5. The summed E-state index contributed by atoms with van der Waals surface area (Å²) in [4.78, 5) is 19.5. The Balaban J connectivity index is 1.22. The lowest BCUT2D eigenvalue weighted by Gasteiger charge is -2.16. The number of anilines is 1. The quantitative estimate of drug-likeness (QED) is 0.114. The minimum Gasteiger partial charge on any atom is -0.478 e. The molecule has 0 radical (unpaired) electrons. The lowest BCUT2D eigenvalue weighted by Crippen LogP contribution is -2.13. The molecule has 5 aromatic carbocycles. The summed E-state index contributed by atoms with van der Waals surface area (Å²) in [6, 6.07) is 31.9. The summed E-state index contributed by atoms with van der Waals surface area (Å²) in [6.45, 7) is 2.11. The molecule has 0 aliphatic rings. The van der Waals surface area contributed by atoms with Gasteiger partial charge in [0.05, 0.1) is 33.9 Å². The number of carboxylic acids is 1. The predicted octanol–water partition coefficient (Wildman–Crippen LogP) is 9.64. The van der Waals surface area contributed by atoms with Crippen LogP contribution in [0.25, 0.3) is 22.4 Å². The number of rotatable bonds is 11. The second-order valence-corrected chi connectivity index (χ2v) is 14.2. The molecular weight excluding hydrogens is 681 g/mol. The van der Waals surface area contributed by atoms with E-state index in [4.69, 9.17) is 33.7 Å². The van der Waals surface area contributed by atoms with Gasteiger partial charge in [0.2, 0.25) is 0 Å². The predicted molar refractivity (Wildman–Crippen MR) is 193 cm³/mol. The van der Waals surface area contributed by atoms with E-state index >= 15 is 0 Å². The molecule has 0 bridgehead atoms. The number of aromatic carboxylic acids is 1. The number of H-pyrrole nitrogens is 1. The Morgan fingerprint density at radius 3 is 2.22 bits per heavy atom. The number of aromatic amines is 1. The largest absolute Gasteiger partial charge is 0.478 e. The van der Waals surface area contributed by atoms with Crippen LogP contribution >= 0.6 is 23.2 Å². The number of carbonyl (C=O) groups is 1. The number of imidazole rings is 1. The molecule has 49 heavy (non-hydrogen) atoms. The maximum absolute atomic E-state index is 13.6. The van der Waals surface area contributed by atoms with E-state index in [1.807, 2.05) is 30.3 Å². The van der Waals surface area contributed by atoms with Crippen LogP contribution < -0.4 is 10.5 Å². The van der Waals surface area contributed by atoms with Crippen LogP contribution in [0.1, 0.15) is 46.6 Å². The smallest absolute Gasteiger partial charge is 0.337 e. The summed E-state index contributed by atoms with van der Waals surface area (Å²) in [5.41, 5.74) is 10.6. The van der Waals surface area contributed by atoms with Crippen LogP contribution in [0.4, 0.5) is 5.69 Å². The van der Waals surface area contributed by atoms with Gasteiger partial charge in [0.15, 0.2) is 9.84 Å². The summed E-state index contributed by atoms with van der Waals surface area (Å²) in [5, 5.41) is 10.7. The monoisotopic (exact) mass is 711 g/mol. The standard InChI is InChI=1S/C38H31Cl2N3O5S/c1-2-29(37-42-21-33(43-37)30-17-14-27(39)20-32(30)40)26-10-8-24(9-11-26)25-12-15-28(16-13-25)48-34-19-18-31(38(44)45)35(41)36(34)49(46,47)22-23-6-4-3-5-7-23/h3-21,29H,2,22,41H2,1H3,(H,42,43)(H,44,45). The fourth-order valence-corrected chi connectivity index (χ4v) is 7.88. The number of sulfone groups is 1. The van der Waals surface area contributed by atoms with E-state index in [1.54, 1.807) is 60.8 Å².